The van der Waals surface area contributed by atoms with Crippen LogP contribution in [0.15, 0.2) is 12.1 Å². The summed E-state index contributed by atoms with van der Waals surface area (Å²) >= 11 is 0. The van der Waals surface area contributed by atoms with E-state index in [0.717, 1.165) is 12.1 Å². The van der Waals surface area contributed by atoms with Gasteiger partial charge in [-0.15, -0.1) is 0 Å². The van der Waals surface area contributed by atoms with Crippen LogP contribution in [0, 0.1) is 5.92 Å². The van der Waals surface area contributed by atoms with Crippen LogP contribution in [0.4, 0.5) is 19.0 Å². The highest BCUT2D eigenvalue weighted by atomic mass is 19.4. The number of primary amides is 1. The fraction of sp³-hybridized carbons (Fsp3) is 0.538. The quantitative estimate of drug-likeness (QED) is 0.885. The van der Waals surface area contributed by atoms with E-state index in [1.165, 1.54) is 4.90 Å². The van der Waals surface area contributed by atoms with Gasteiger partial charge in [0.2, 0.25) is 0 Å². The van der Waals surface area contributed by atoms with E-state index < -0.39 is 17.8 Å². The van der Waals surface area contributed by atoms with Crippen LogP contribution in [-0.4, -0.2) is 35.2 Å². The monoisotopic (exact) mass is 303 g/mol. The fourth-order valence-electron chi connectivity index (χ4n) is 2.57. The molecule has 0 radical (unpaired) electrons. The summed E-state index contributed by atoms with van der Waals surface area (Å²) in [5, 5.41) is 9.42. The number of alkyl halides is 3. The second-order valence-electron chi connectivity index (χ2n) is 5.14. The number of aliphatic hydroxyl groups is 1. The summed E-state index contributed by atoms with van der Waals surface area (Å²) in [5.74, 6) is -0.865. The first-order valence-corrected chi connectivity index (χ1v) is 6.51. The molecular formula is C13H16F3N3O2. The van der Waals surface area contributed by atoms with Crippen molar-refractivity contribution in [1.29, 1.82) is 0 Å². The van der Waals surface area contributed by atoms with Gasteiger partial charge in [0.25, 0.3) is 5.91 Å². The molecule has 1 saturated heterocycles. The number of anilines is 1. The van der Waals surface area contributed by atoms with E-state index in [1.807, 2.05) is 6.92 Å². The lowest BCUT2D eigenvalue weighted by molar-refractivity contribution is -0.141. The van der Waals surface area contributed by atoms with E-state index >= 15 is 0 Å². The van der Waals surface area contributed by atoms with Gasteiger partial charge in [0.1, 0.15) is 11.5 Å². The molecule has 5 nitrogen and oxygen atoms in total. The average Bonchev–Trinajstić information content (AvgIpc) is 2.77. The highest BCUT2D eigenvalue weighted by molar-refractivity contribution is 5.97. The summed E-state index contributed by atoms with van der Waals surface area (Å²) in [6.45, 7) is 2.08. The summed E-state index contributed by atoms with van der Waals surface area (Å²) in [4.78, 5) is 16.5. The lowest BCUT2D eigenvalue weighted by Gasteiger charge is -2.28. The van der Waals surface area contributed by atoms with Crippen molar-refractivity contribution in [3.05, 3.63) is 23.4 Å². The number of hydrogen-bond donors (Lipinski definition) is 2. The molecule has 2 rings (SSSR count). The summed E-state index contributed by atoms with van der Waals surface area (Å²) in [6, 6.07) is 1.39. The highest BCUT2D eigenvalue weighted by Crippen LogP contribution is 2.34. The molecule has 2 unspecified atom stereocenters. The maximum atomic E-state index is 12.8. The van der Waals surface area contributed by atoms with Crippen LogP contribution < -0.4 is 10.6 Å². The van der Waals surface area contributed by atoms with Gasteiger partial charge in [0.15, 0.2) is 0 Å². The van der Waals surface area contributed by atoms with Crippen molar-refractivity contribution < 1.29 is 23.1 Å². The largest absolute Gasteiger partial charge is 0.433 e. The molecule has 0 aromatic carbocycles. The second-order valence-corrected chi connectivity index (χ2v) is 5.14. The van der Waals surface area contributed by atoms with Crippen molar-refractivity contribution in [3.8, 4) is 0 Å². The van der Waals surface area contributed by atoms with Crippen molar-refractivity contribution in [1.82, 2.24) is 4.98 Å². The summed E-state index contributed by atoms with van der Waals surface area (Å²) in [5.41, 5.74) is 4.06. The molecule has 3 N–H and O–H groups in total. The van der Waals surface area contributed by atoms with E-state index in [-0.39, 0.29) is 29.9 Å². The lowest BCUT2D eigenvalue weighted by atomic mass is 10.0. The third-order valence-corrected chi connectivity index (χ3v) is 3.77. The minimum absolute atomic E-state index is 0.0736. The third kappa shape index (κ3) is 2.94. The summed E-state index contributed by atoms with van der Waals surface area (Å²) in [6.07, 6.45) is -3.91. The Bertz CT molecular complexity index is 548. The molecule has 116 valence electrons. The molecule has 21 heavy (non-hydrogen) atoms. The van der Waals surface area contributed by atoms with Gasteiger partial charge in [-0.2, -0.15) is 13.2 Å². The number of nitrogens with zero attached hydrogens (tertiary/aromatic N) is 2. The normalized spacial score (nSPS) is 22.6. The molecule has 1 aliphatic heterocycles. The number of rotatable bonds is 3. The first-order chi connectivity index (χ1) is 9.75. The molecular weight excluding hydrogens is 287 g/mol. The molecule has 1 aromatic rings. The molecule has 0 spiro atoms. The van der Waals surface area contributed by atoms with Crippen LogP contribution in [0.2, 0.25) is 0 Å². The number of hydrogen-bond acceptors (Lipinski definition) is 4. The summed E-state index contributed by atoms with van der Waals surface area (Å²) < 4.78 is 38.4. The van der Waals surface area contributed by atoms with Gasteiger partial charge in [0.05, 0.1) is 18.2 Å². The van der Waals surface area contributed by atoms with E-state index in [1.54, 1.807) is 0 Å². The Balaban J connectivity index is 2.51. The zero-order valence-electron chi connectivity index (χ0n) is 11.4. The van der Waals surface area contributed by atoms with E-state index in [2.05, 4.69) is 4.98 Å². The molecule has 0 saturated carbocycles. The van der Waals surface area contributed by atoms with E-state index in [4.69, 9.17) is 5.73 Å². The first-order valence-electron chi connectivity index (χ1n) is 6.51. The maximum Gasteiger partial charge on any atom is 0.433 e. The molecule has 1 aromatic heterocycles. The number of halogens is 3. The number of carbonyl (C=O) groups excluding carboxylic acids is 1. The van der Waals surface area contributed by atoms with Crippen LogP contribution in [0.5, 0.6) is 0 Å². The molecule has 1 amide bonds. The number of carbonyl (C=O) groups is 1. The predicted molar refractivity (Wildman–Crippen MR) is 69.8 cm³/mol. The van der Waals surface area contributed by atoms with Crippen LogP contribution in [0.3, 0.4) is 0 Å². The standard InChI is InChI=1S/C13H16F3N3O2/c1-7-4-5-19(9(7)6-20)12-8(11(17)21)2-3-10(18-12)13(14,15)16/h2-3,7,9,20H,4-6H2,1H3,(H2,17,21). The van der Waals surface area contributed by atoms with Crippen molar-refractivity contribution >= 4 is 11.7 Å². The van der Waals surface area contributed by atoms with Crippen molar-refractivity contribution in [2.45, 2.75) is 25.6 Å². The Morgan fingerprint density at radius 2 is 2.19 bits per heavy atom. The van der Waals surface area contributed by atoms with Gasteiger partial charge in [0, 0.05) is 6.54 Å². The molecule has 1 fully saturated rings. The molecule has 1 aliphatic rings. The van der Waals surface area contributed by atoms with Crippen LogP contribution in [-0.2, 0) is 6.18 Å². The van der Waals surface area contributed by atoms with Crippen molar-refractivity contribution in [2.75, 3.05) is 18.1 Å². The maximum absolute atomic E-state index is 12.8. The fourth-order valence-corrected chi connectivity index (χ4v) is 2.57. The number of pyridine rings is 1. The van der Waals surface area contributed by atoms with Gasteiger partial charge < -0.3 is 15.7 Å². The minimum atomic E-state index is -4.61. The number of nitrogens with two attached hydrogens (primary N) is 1. The smallest absolute Gasteiger partial charge is 0.394 e. The molecule has 0 bridgehead atoms. The van der Waals surface area contributed by atoms with Crippen LogP contribution >= 0.6 is 0 Å². The Morgan fingerprint density at radius 3 is 2.71 bits per heavy atom. The zero-order chi connectivity index (χ0) is 15.8. The van der Waals surface area contributed by atoms with Crippen molar-refractivity contribution in [2.24, 2.45) is 11.7 Å². The topological polar surface area (TPSA) is 79.5 Å². The predicted octanol–water partition coefficient (Wildman–Crippen LogP) is 1.41. The first kappa shape index (κ1) is 15.6. The van der Waals surface area contributed by atoms with Crippen LogP contribution in [0.1, 0.15) is 29.4 Å². The third-order valence-electron chi connectivity index (χ3n) is 3.77. The zero-order valence-corrected chi connectivity index (χ0v) is 11.4. The van der Waals surface area contributed by atoms with Gasteiger partial charge in [-0.1, -0.05) is 6.92 Å². The average molecular weight is 303 g/mol. The SMILES string of the molecule is CC1CCN(c2nc(C(F)(F)F)ccc2C(N)=O)C1CO. The van der Waals surface area contributed by atoms with Gasteiger partial charge >= 0.3 is 6.18 Å². The Labute approximate surface area is 119 Å². The molecule has 2 heterocycles. The summed E-state index contributed by atoms with van der Waals surface area (Å²) in [7, 11) is 0. The van der Waals surface area contributed by atoms with Gasteiger partial charge in [-0.25, -0.2) is 4.98 Å². The van der Waals surface area contributed by atoms with Crippen molar-refractivity contribution in [3.63, 3.8) is 0 Å². The molecule has 2 atom stereocenters. The van der Waals surface area contributed by atoms with E-state index in [0.29, 0.717) is 13.0 Å². The van der Waals surface area contributed by atoms with Gasteiger partial charge in [-0.05, 0) is 24.5 Å². The molecule has 8 heteroatoms. The Morgan fingerprint density at radius 1 is 1.52 bits per heavy atom. The second kappa shape index (κ2) is 5.51. The Hall–Kier alpha value is -1.83. The number of amides is 1. The highest BCUT2D eigenvalue weighted by Gasteiger charge is 2.37. The minimum Gasteiger partial charge on any atom is -0.394 e. The van der Waals surface area contributed by atoms with Crippen LogP contribution in [0.25, 0.3) is 0 Å². The Kier molecular flexibility index (Phi) is 4.08. The number of aliphatic hydroxyl groups excluding tert-OH is 1. The van der Waals surface area contributed by atoms with E-state index in [9.17, 15) is 23.1 Å². The molecule has 0 aliphatic carbocycles. The van der Waals surface area contributed by atoms with Gasteiger partial charge in [-0.3, -0.25) is 4.79 Å². The number of aromatic nitrogens is 1. The lowest BCUT2D eigenvalue weighted by Crippen LogP contribution is -2.37.